The van der Waals surface area contributed by atoms with E-state index in [1.165, 1.54) is 19.2 Å². The van der Waals surface area contributed by atoms with Crippen molar-refractivity contribution in [3.63, 3.8) is 0 Å². The highest BCUT2D eigenvalue weighted by atomic mass is 19.4. The molecule has 0 aliphatic carbocycles. The van der Waals surface area contributed by atoms with Gasteiger partial charge in [-0.2, -0.15) is 0 Å². The van der Waals surface area contributed by atoms with Crippen LogP contribution in [0.4, 0.5) is 12.9 Å². The quantitative estimate of drug-likeness (QED) is 0.768. The van der Waals surface area contributed by atoms with E-state index < -0.39 is 12.4 Å². The minimum absolute atomic E-state index is 0.158. The van der Waals surface area contributed by atoms with Crippen LogP contribution >= 0.6 is 0 Å². The molecule has 0 amide bonds. The number of benzene rings is 1. The summed E-state index contributed by atoms with van der Waals surface area (Å²) < 4.78 is 49.2. The minimum Gasteiger partial charge on any atom is -0.497 e. The van der Waals surface area contributed by atoms with Crippen LogP contribution in [0.5, 0.6) is 11.5 Å². The van der Waals surface area contributed by atoms with E-state index in [4.69, 9.17) is 9.47 Å². The van der Waals surface area contributed by atoms with E-state index in [-0.39, 0.29) is 18.1 Å². The van der Waals surface area contributed by atoms with E-state index >= 15 is 0 Å². The molecule has 0 aliphatic heterocycles. The molecule has 0 saturated carbocycles. The van der Waals surface area contributed by atoms with Gasteiger partial charge in [0.2, 0.25) is 0 Å². The molecule has 0 spiro atoms. The van der Waals surface area contributed by atoms with Gasteiger partial charge in [0.25, 0.3) is 0 Å². The van der Waals surface area contributed by atoms with Crippen molar-refractivity contribution in [2.45, 2.75) is 6.42 Å². The summed E-state index contributed by atoms with van der Waals surface area (Å²) >= 11 is 0. The van der Waals surface area contributed by atoms with Gasteiger partial charge in [0, 0.05) is 18.8 Å². The first-order valence-electron chi connectivity index (χ1n) is 6.40. The molecule has 2 aromatic rings. The van der Waals surface area contributed by atoms with Gasteiger partial charge in [-0.1, -0.05) is 5.46 Å². The van der Waals surface area contributed by atoms with Gasteiger partial charge in [-0.25, -0.2) is 0 Å². The highest BCUT2D eigenvalue weighted by Gasteiger charge is 2.29. The van der Waals surface area contributed by atoms with Gasteiger partial charge >= 0.3 is 6.98 Å². The number of ether oxygens (including phenoxy) is 2. The van der Waals surface area contributed by atoms with Crippen molar-refractivity contribution >= 4 is 12.4 Å². The molecule has 0 bridgehead atoms. The molecule has 7 heteroatoms. The van der Waals surface area contributed by atoms with E-state index in [9.17, 15) is 12.9 Å². The summed E-state index contributed by atoms with van der Waals surface area (Å²) in [5.41, 5.74) is 0.182. The van der Waals surface area contributed by atoms with Crippen molar-refractivity contribution in [2.75, 3.05) is 13.7 Å². The second-order valence-corrected chi connectivity index (χ2v) is 4.43. The Hall–Kier alpha value is -2.18. The average Bonchev–Trinajstić information content (AvgIpc) is 2.47. The normalized spacial score (nSPS) is 11.2. The van der Waals surface area contributed by atoms with Crippen LogP contribution in [0.1, 0.15) is 5.56 Å². The summed E-state index contributed by atoms with van der Waals surface area (Å²) in [6.45, 7) is -4.99. The number of rotatable bonds is 6. The lowest BCUT2D eigenvalue weighted by atomic mass is 9.79. The Morgan fingerprint density at radius 1 is 1.10 bits per heavy atom. The van der Waals surface area contributed by atoms with Gasteiger partial charge < -0.3 is 22.4 Å². The second-order valence-electron chi connectivity index (χ2n) is 4.43. The van der Waals surface area contributed by atoms with E-state index in [1.54, 1.807) is 24.5 Å². The lowest BCUT2D eigenvalue weighted by molar-refractivity contribution is 0.321. The number of hydrogen-bond donors (Lipinski definition) is 0. The monoisotopic (exact) mass is 296 g/mol. The molecule has 112 valence electrons. The Labute approximate surface area is 120 Å². The number of hydrogen-bond acceptors (Lipinski definition) is 3. The SMILES string of the molecule is COc1ccc(OCCc2ccncc2)c([B-](F)(F)F)c1. The molecule has 2 rings (SSSR count). The smallest absolute Gasteiger partial charge is 0.497 e. The third-order valence-electron chi connectivity index (χ3n) is 2.97. The van der Waals surface area contributed by atoms with Crippen molar-refractivity contribution in [2.24, 2.45) is 0 Å². The molecule has 21 heavy (non-hydrogen) atoms. The molecule has 0 N–H and O–H groups in total. The third-order valence-corrected chi connectivity index (χ3v) is 2.97. The maximum Gasteiger partial charge on any atom is 0.513 e. The van der Waals surface area contributed by atoms with Gasteiger partial charge in [0.05, 0.1) is 19.5 Å². The van der Waals surface area contributed by atoms with Crippen molar-refractivity contribution < 1.29 is 22.4 Å². The van der Waals surface area contributed by atoms with Crippen molar-refractivity contribution in [3.8, 4) is 11.5 Å². The van der Waals surface area contributed by atoms with E-state index in [1.807, 2.05) is 0 Å². The number of aromatic nitrogens is 1. The first kappa shape index (κ1) is 15.2. The summed E-state index contributed by atoms with van der Waals surface area (Å²) in [6.07, 6.45) is 3.78. The van der Waals surface area contributed by atoms with Crippen LogP contribution in [-0.4, -0.2) is 25.7 Å². The highest BCUT2D eigenvalue weighted by Crippen LogP contribution is 2.22. The van der Waals surface area contributed by atoms with Crippen LogP contribution in [0.15, 0.2) is 42.7 Å². The van der Waals surface area contributed by atoms with Crippen LogP contribution in [0.25, 0.3) is 0 Å². The number of halogens is 3. The molecule has 0 radical (unpaired) electrons. The molecular formula is C14H14BF3NO2-. The summed E-state index contributed by atoms with van der Waals surface area (Å²) in [5.74, 6) is -0.0111. The predicted molar refractivity (Wildman–Crippen MR) is 75.1 cm³/mol. The Morgan fingerprint density at radius 2 is 1.81 bits per heavy atom. The van der Waals surface area contributed by atoms with Crippen LogP contribution in [0.3, 0.4) is 0 Å². The Balaban J connectivity index is 2.09. The van der Waals surface area contributed by atoms with Crippen LogP contribution in [-0.2, 0) is 6.42 Å². The van der Waals surface area contributed by atoms with E-state index in [0.717, 1.165) is 11.6 Å². The minimum atomic E-state index is -5.15. The lowest BCUT2D eigenvalue weighted by Gasteiger charge is -2.20. The number of pyridine rings is 1. The van der Waals surface area contributed by atoms with Gasteiger partial charge in [0.1, 0.15) is 5.75 Å². The zero-order valence-corrected chi connectivity index (χ0v) is 11.4. The number of nitrogens with zero attached hydrogens (tertiary/aromatic N) is 1. The van der Waals surface area contributed by atoms with Gasteiger partial charge in [0.15, 0.2) is 0 Å². The van der Waals surface area contributed by atoms with E-state index in [0.29, 0.717) is 6.42 Å². The van der Waals surface area contributed by atoms with Crippen molar-refractivity contribution in [1.29, 1.82) is 0 Å². The summed E-state index contributed by atoms with van der Waals surface area (Å²) in [4.78, 5) is 3.88. The lowest BCUT2D eigenvalue weighted by Crippen LogP contribution is -2.35. The maximum absolute atomic E-state index is 13.0. The average molecular weight is 296 g/mol. The molecule has 1 heterocycles. The van der Waals surface area contributed by atoms with Crippen molar-refractivity contribution in [3.05, 3.63) is 48.3 Å². The molecule has 1 aromatic carbocycles. The summed E-state index contributed by atoms with van der Waals surface area (Å²) in [6, 6.07) is 7.29. The highest BCUT2D eigenvalue weighted by molar-refractivity contribution is 6.74. The zero-order chi connectivity index (χ0) is 15.3. The first-order valence-corrected chi connectivity index (χ1v) is 6.40. The topological polar surface area (TPSA) is 31.4 Å². The fourth-order valence-electron chi connectivity index (χ4n) is 1.87. The fraction of sp³-hybridized carbons (Fsp3) is 0.214. The molecule has 0 atom stereocenters. The van der Waals surface area contributed by atoms with Crippen LogP contribution in [0.2, 0.25) is 0 Å². The van der Waals surface area contributed by atoms with E-state index in [2.05, 4.69) is 4.98 Å². The van der Waals surface area contributed by atoms with Gasteiger partial charge in [-0.3, -0.25) is 4.98 Å². The Kier molecular flexibility index (Phi) is 4.72. The van der Waals surface area contributed by atoms with Crippen LogP contribution < -0.4 is 14.9 Å². The fourth-order valence-corrected chi connectivity index (χ4v) is 1.87. The predicted octanol–water partition coefficient (Wildman–Crippen LogP) is 2.77. The number of methoxy groups -OCH3 is 1. The Bertz CT molecular complexity index is 591. The maximum atomic E-state index is 13.0. The molecule has 0 aliphatic rings. The Morgan fingerprint density at radius 3 is 2.43 bits per heavy atom. The molecule has 0 fully saturated rings. The van der Waals surface area contributed by atoms with Crippen molar-refractivity contribution in [1.82, 2.24) is 4.98 Å². The third kappa shape index (κ3) is 4.14. The zero-order valence-electron chi connectivity index (χ0n) is 11.4. The first-order chi connectivity index (χ1) is 10.0. The summed E-state index contributed by atoms with van der Waals surface area (Å²) in [5, 5.41) is 0. The molecule has 3 nitrogen and oxygen atoms in total. The summed E-state index contributed by atoms with van der Waals surface area (Å²) in [7, 11) is 1.33. The largest absolute Gasteiger partial charge is 0.513 e. The van der Waals surface area contributed by atoms with Gasteiger partial charge in [-0.15, -0.1) is 0 Å². The second kappa shape index (κ2) is 6.52. The standard InChI is InChI=1S/C14H14BF3NO2/c1-20-12-2-3-14(13(10-12)15(16,17)18)21-9-6-11-4-7-19-8-5-11/h2-5,7-8,10H,6,9H2,1H3/q-1. The van der Waals surface area contributed by atoms with Gasteiger partial charge in [-0.05, 0) is 35.9 Å². The molecule has 0 saturated heterocycles. The molecule has 1 aromatic heterocycles. The molecular weight excluding hydrogens is 282 g/mol. The molecule has 0 unspecified atom stereocenters. The van der Waals surface area contributed by atoms with Crippen LogP contribution in [0, 0.1) is 0 Å².